The molecule has 3 rings (SSSR count). The highest BCUT2D eigenvalue weighted by Crippen LogP contribution is 2.46. The number of Topliss-reactive ketones (excluding diaryl/α,β-unsaturated/α-hetero) is 1. The molecule has 0 fully saturated rings. The summed E-state index contributed by atoms with van der Waals surface area (Å²) >= 11 is 3.34. The van der Waals surface area contributed by atoms with E-state index in [9.17, 15) is 14.7 Å². The minimum atomic E-state index is -0.582. The maximum atomic E-state index is 12.9. The normalized spacial score (nSPS) is 19.5. The molecule has 0 spiro atoms. The fourth-order valence-corrected chi connectivity index (χ4v) is 4.24. The van der Waals surface area contributed by atoms with Gasteiger partial charge in [-0.25, -0.2) is 4.79 Å². The number of hydrogen-bond acceptors (Lipinski definition) is 6. The molecule has 0 aromatic heterocycles. The number of carbonyl (C=O) groups is 2. The van der Waals surface area contributed by atoms with Crippen LogP contribution in [0, 0.1) is 0 Å². The monoisotopic (exact) mass is 449 g/mol. The van der Waals surface area contributed by atoms with E-state index < -0.39 is 11.9 Å². The number of aromatic hydroxyl groups is 1. The summed E-state index contributed by atoms with van der Waals surface area (Å²) in [5.41, 5.74) is 3.20. The molecule has 0 radical (unpaired) electrons. The van der Waals surface area contributed by atoms with Gasteiger partial charge in [-0.15, -0.1) is 0 Å². The molecule has 0 saturated carbocycles. The van der Waals surface area contributed by atoms with Crippen molar-refractivity contribution in [1.29, 1.82) is 0 Å². The molecule has 28 heavy (non-hydrogen) atoms. The van der Waals surface area contributed by atoms with Crippen LogP contribution in [0.4, 0.5) is 0 Å². The van der Waals surface area contributed by atoms with Crippen LogP contribution < -0.4 is 10.1 Å². The molecule has 6 nitrogen and oxygen atoms in total. The van der Waals surface area contributed by atoms with Gasteiger partial charge in [0.15, 0.2) is 17.3 Å². The van der Waals surface area contributed by atoms with E-state index in [2.05, 4.69) is 21.2 Å². The number of carbonyl (C=O) groups excluding carboxylic acids is 2. The Morgan fingerprint density at radius 3 is 2.68 bits per heavy atom. The van der Waals surface area contributed by atoms with Gasteiger partial charge in [0.05, 0.1) is 23.3 Å². The average molecular weight is 450 g/mol. The molecule has 2 aliphatic rings. The lowest BCUT2D eigenvalue weighted by Gasteiger charge is -2.34. The van der Waals surface area contributed by atoms with E-state index in [0.717, 1.165) is 18.5 Å². The number of nitrogens with one attached hydrogen (secondary N) is 1. The first-order valence-electron chi connectivity index (χ1n) is 9.26. The Balaban J connectivity index is 2.22. The van der Waals surface area contributed by atoms with Crippen molar-refractivity contribution in [3.8, 4) is 11.5 Å². The van der Waals surface area contributed by atoms with Gasteiger partial charge in [-0.05, 0) is 67.2 Å². The molecule has 0 amide bonds. The maximum absolute atomic E-state index is 12.9. The third-order valence-electron chi connectivity index (χ3n) is 4.94. The molecule has 1 heterocycles. The van der Waals surface area contributed by atoms with Gasteiger partial charge in [0.25, 0.3) is 0 Å². The second-order valence-corrected chi connectivity index (χ2v) is 8.13. The van der Waals surface area contributed by atoms with Gasteiger partial charge in [-0.2, -0.15) is 0 Å². The van der Waals surface area contributed by atoms with E-state index in [1.54, 1.807) is 26.0 Å². The molecular formula is C21H24BrNO5. The number of hydrogen-bond donors (Lipinski definition) is 2. The molecule has 0 bridgehead atoms. The molecule has 150 valence electrons. The second-order valence-electron chi connectivity index (χ2n) is 7.27. The Morgan fingerprint density at radius 1 is 1.32 bits per heavy atom. The molecule has 7 heteroatoms. The van der Waals surface area contributed by atoms with Crippen LogP contribution >= 0.6 is 15.9 Å². The van der Waals surface area contributed by atoms with Crippen molar-refractivity contribution >= 4 is 27.7 Å². The van der Waals surface area contributed by atoms with Crippen molar-refractivity contribution in [3.05, 3.63) is 44.7 Å². The predicted octanol–water partition coefficient (Wildman–Crippen LogP) is 4.08. The van der Waals surface area contributed by atoms with Crippen molar-refractivity contribution in [3.63, 3.8) is 0 Å². The SMILES string of the molecule is COc1cc([C@H]2C(C(=O)OC(C)C)=C(C)NC3=C2C(=O)CCC3)cc(Br)c1O. The van der Waals surface area contributed by atoms with Crippen LogP contribution in [0.2, 0.25) is 0 Å². The van der Waals surface area contributed by atoms with Gasteiger partial charge in [-0.1, -0.05) is 0 Å². The smallest absolute Gasteiger partial charge is 0.337 e. The number of halogens is 1. The summed E-state index contributed by atoms with van der Waals surface area (Å²) in [5, 5.41) is 13.4. The highest BCUT2D eigenvalue weighted by Gasteiger charge is 2.39. The van der Waals surface area contributed by atoms with E-state index in [1.165, 1.54) is 7.11 Å². The first-order chi connectivity index (χ1) is 13.2. The highest BCUT2D eigenvalue weighted by molar-refractivity contribution is 9.10. The Bertz CT molecular complexity index is 900. The van der Waals surface area contributed by atoms with E-state index in [4.69, 9.17) is 9.47 Å². The molecule has 1 aromatic rings. The molecule has 1 aliphatic heterocycles. The van der Waals surface area contributed by atoms with Crippen LogP contribution in [0.15, 0.2) is 39.1 Å². The largest absolute Gasteiger partial charge is 0.503 e. The zero-order chi connectivity index (χ0) is 20.6. The predicted molar refractivity (Wildman–Crippen MR) is 108 cm³/mol. The summed E-state index contributed by atoms with van der Waals surface area (Å²) < 4.78 is 11.2. The summed E-state index contributed by atoms with van der Waals surface area (Å²) in [6.07, 6.45) is 1.68. The number of benzene rings is 1. The van der Waals surface area contributed by atoms with Crippen molar-refractivity contribution in [1.82, 2.24) is 5.32 Å². The first-order valence-corrected chi connectivity index (χ1v) is 10.0. The zero-order valence-corrected chi connectivity index (χ0v) is 18.0. The van der Waals surface area contributed by atoms with Gasteiger partial charge >= 0.3 is 5.97 Å². The third kappa shape index (κ3) is 3.68. The molecule has 1 aliphatic carbocycles. The van der Waals surface area contributed by atoms with Crippen LogP contribution in [0.5, 0.6) is 11.5 Å². The fourth-order valence-electron chi connectivity index (χ4n) is 3.78. The maximum Gasteiger partial charge on any atom is 0.337 e. The van der Waals surface area contributed by atoms with Gasteiger partial charge in [-0.3, -0.25) is 4.79 Å². The van der Waals surface area contributed by atoms with Crippen LogP contribution in [0.1, 0.15) is 51.5 Å². The Morgan fingerprint density at radius 2 is 2.04 bits per heavy atom. The Kier molecular flexibility index (Phi) is 5.84. The number of allylic oxidation sites excluding steroid dienone is 3. The minimum absolute atomic E-state index is 0.0178. The number of rotatable bonds is 4. The summed E-state index contributed by atoms with van der Waals surface area (Å²) in [7, 11) is 1.46. The third-order valence-corrected chi connectivity index (χ3v) is 5.55. The standard InChI is InChI=1S/C21H24BrNO5/c1-10(2)28-21(26)17-11(3)23-14-6-5-7-15(24)19(14)18(17)12-8-13(22)20(25)16(9-12)27-4/h8-10,18,23,25H,5-7H2,1-4H3/t18-/m0/s1. The van der Waals surface area contributed by atoms with Crippen molar-refractivity contribution in [2.75, 3.05) is 7.11 Å². The van der Waals surface area contributed by atoms with E-state index >= 15 is 0 Å². The van der Waals surface area contributed by atoms with E-state index in [-0.39, 0.29) is 23.4 Å². The van der Waals surface area contributed by atoms with Crippen molar-refractivity contribution in [2.24, 2.45) is 0 Å². The summed E-state index contributed by atoms with van der Waals surface area (Å²) in [6.45, 7) is 5.39. The molecule has 2 N–H and O–H groups in total. The number of esters is 1. The molecule has 0 saturated heterocycles. The van der Waals surface area contributed by atoms with Crippen molar-refractivity contribution in [2.45, 2.75) is 52.1 Å². The lowest BCUT2D eigenvalue weighted by Crippen LogP contribution is -2.35. The topological polar surface area (TPSA) is 84.9 Å². The number of dihydropyridines is 1. The average Bonchev–Trinajstić information content (AvgIpc) is 2.62. The zero-order valence-electron chi connectivity index (χ0n) is 16.4. The van der Waals surface area contributed by atoms with Crippen molar-refractivity contribution < 1.29 is 24.2 Å². The van der Waals surface area contributed by atoms with Crippen LogP contribution in [-0.4, -0.2) is 30.1 Å². The summed E-state index contributed by atoms with van der Waals surface area (Å²) in [4.78, 5) is 25.8. The van der Waals surface area contributed by atoms with Crippen LogP contribution in [0.3, 0.4) is 0 Å². The van der Waals surface area contributed by atoms with Crippen LogP contribution in [0.25, 0.3) is 0 Å². The van der Waals surface area contributed by atoms with Gasteiger partial charge in [0.1, 0.15) is 0 Å². The molecule has 0 unspecified atom stereocenters. The Labute approximate surface area is 172 Å². The molecular weight excluding hydrogens is 426 g/mol. The van der Waals surface area contributed by atoms with Crippen LogP contribution in [-0.2, 0) is 14.3 Å². The number of phenols is 1. The van der Waals surface area contributed by atoms with Gasteiger partial charge in [0, 0.05) is 29.3 Å². The minimum Gasteiger partial charge on any atom is -0.503 e. The lowest BCUT2D eigenvalue weighted by atomic mass is 9.75. The molecule has 1 aromatic carbocycles. The summed E-state index contributed by atoms with van der Waals surface area (Å²) in [6, 6.07) is 3.38. The number of ether oxygens (including phenoxy) is 2. The summed E-state index contributed by atoms with van der Waals surface area (Å²) in [5.74, 6) is -0.789. The van der Waals surface area contributed by atoms with Gasteiger partial charge in [0.2, 0.25) is 0 Å². The highest BCUT2D eigenvalue weighted by atomic mass is 79.9. The molecule has 1 atom stereocenters. The fraction of sp³-hybridized carbons (Fsp3) is 0.429. The number of ketones is 1. The first kappa shape index (κ1) is 20.5. The Hall–Kier alpha value is -2.28. The van der Waals surface area contributed by atoms with Gasteiger partial charge < -0.3 is 19.9 Å². The second kappa shape index (κ2) is 7.99. The number of methoxy groups -OCH3 is 1. The van der Waals surface area contributed by atoms with E-state index in [1.807, 2.05) is 6.92 Å². The van der Waals surface area contributed by atoms with E-state index in [0.29, 0.717) is 33.3 Å². The number of phenolic OH excluding ortho intramolecular Hbond substituents is 1. The lowest BCUT2D eigenvalue weighted by molar-refractivity contribution is -0.143. The quantitative estimate of drug-likeness (QED) is 0.673.